The number of aromatic nitrogens is 3. The van der Waals surface area contributed by atoms with Crippen molar-refractivity contribution in [2.24, 2.45) is 5.73 Å². The minimum absolute atomic E-state index is 0.461. The van der Waals surface area contributed by atoms with Gasteiger partial charge in [-0.05, 0) is 17.7 Å². The summed E-state index contributed by atoms with van der Waals surface area (Å²) in [6, 6.07) is 17.9. The van der Waals surface area contributed by atoms with Gasteiger partial charge in [0.25, 0.3) is 0 Å². The SMILES string of the molecule is NCCOc1cccc(-n2cc(-c3ccccc3)c3c(N)ncnc32)c1. The third-order valence-corrected chi connectivity index (χ3v) is 4.18. The largest absolute Gasteiger partial charge is 0.492 e. The zero-order valence-electron chi connectivity index (χ0n) is 14.2. The normalized spacial score (nSPS) is 11.0. The predicted molar refractivity (Wildman–Crippen MR) is 103 cm³/mol. The number of nitrogens with two attached hydrogens (primary N) is 2. The van der Waals surface area contributed by atoms with E-state index >= 15 is 0 Å². The third kappa shape index (κ3) is 2.87. The molecule has 4 N–H and O–H groups in total. The Morgan fingerprint density at radius 2 is 1.85 bits per heavy atom. The third-order valence-electron chi connectivity index (χ3n) is 4.18. The number of benzene rings is 2. The van der Waals surface area contributed by atoms with Gasteiger partial charge in [0.15, 0.2) is 5.65 Å². The summed E-state index contributed by atoms with van der Waals surface area (Å²) in [4.78, 5) is 8.64. The van der Waals surface area contributed by atoms with Gasteiger partial charge in [0, 0.05) is 24.4 Å². The van der Waals surface area contributed by atoms with Gasteiger partial charge in [0.05, 0.1) is 11.1 Å². The molecule has 2 aromatic carbocycles. The van der Waals surface area contributed by atoms with Crippen molar-refractivity contribution in [2.75, 3.05) is 18.9 Å². The Morgan fingerprint density at radius 3 is 2.65 bits per heavy atom. The lowest BCUT2D eigenvalue weighted by molar-refractivity contribution is 0.328. The number of nitrogen functional groups attached to an aromatic ring is 1. The van der Waals surface area contributed by atoms with E-state index in [9.17, 15) is 0 Å². The minimum Gasteiger partial charge on any atom is -0.492 e. The lowest BCUT2D eigenvalue weighted by atomic mass is 10.1. The minimum atomic E-state index is 0.461. The second-order valence-electron chi connectivity index (χ2n) is 5.87. The first kappa shape index (κ1) is 16.1. The molecule has 4 aromatic rings. The van der Waals surface area contributed by atoms with Crippen molar-refractivity contribution < 1.29 is 4.74 Å². The second-order valence-corrected chi connectivity index (χ2v) is 5.87. The van der Waals surface area contributed by atoms with Crippen LogP contribution in [-0.2, 0) is 0 Å². The number of fused-ring (bicyclic) bond motifs is 1. The van der Waals surface area contributed by atoms with Crippen LogP contribution < -0.4 is 16.2 Å². The van der Waals surface area contributed by atoms with Gasteiger partial charge >= 0.3 is 0 Å². The fourth-order valence-electron chi connectivity index (χ4n) is 3.02. The van der Waals surface area contributed by atoms with Crippen LogP contribution in [0.15, 0.2) is 67.1 Å². The number of anilines is 1. The van der Waals surface area contributed by atoms with E-state index in [4.69, 9.17) is 16.2 Å². The summed E-state index contributed by atoms with van der Waals surface area (Å²) in [5.74, 6) is 1.22. The van der Waals surface area contributed by atoms with E-state index in [2.05, 4.69) is 9.97 Å². The van der Waals surface area contributed by atoms with Crippen molar-refractivity contribution in [3.8, 4) is 22.6 Å². The topological polar surface area (TPSA) is 92.0 Å². The summed E-state index contributed by atoms with van der Waals surface area (Å²) in [6.07, 6.45) is 3.52. The van der Waals surface area contributed by atoms with Crippen LogP contribution in [0.3, 0.4) is 0 Å². The highest BCUT2D eigenvalue weighted by atomic mass is 16.5. The van der Waals surface area contributed by atoms with E-state index in [-0.39, 0.29) is 0 Å². The molecule has 130 valence electrons. The average molecular weight is 345 g/mol. The molecule has 0 amide bonds. The first-order valence-corrected chi connectivity index (χ1v) is 8.38. The quantitative estimate of drug-likeness (QED) is 0.580. The number of rotatable bonds is 5. The first-order valence-electron chi connectivity index (χ1n) is 8.38. The van der Waals surface area contributed by atoms with Crippen molar-refractivity contribution in [1.82, 2.24) is 14.5 Å². The van der Waals surface area contributed by atoms with Gasteiger partial charge in [-0.15, -0.1) is 0 Å². The highest BCUT2D eigenvalue weighted by molar-refractivity contribution is 6.01. The lowest BCUT2D eigenvalue weighted by Crippen LogP contribution is -2.10. The molecule has 26 heavy (non-hydrogen) atoms. The number of ether oxygens (including phenoxy) is 1. The van der Waals surface area contributed by atoms with E-state index in [0.717, 1.165) is 33.6 Å². The van der Waals surface area contributed by atoms with E-state index in [1.165, 1.54) is 6.33 Å². The van der Waals surface area contributed by atoms with Crippen molar-refractivity contribution >= 4 is 16.9 Å². The summed E-state index contributed by atoms with van der Waals surface area (Å²) >= 11 is 0. The van der Waals surface area contributed by atoms with Crippen molar-refractivity contribution in [3.63, 3.8) is 0 Å². The fourth-order valence-corrected chi connectivity index (χ4v) is 3.02. The molecule has 0 aliphatic carbocycles. The number of hydrogen-bond acceptors (Lipinski definition) is 5. The molecule has 2 aromatic heterocycles. The molecule has 0 aliphatic heterocycles. The standard InChI is InChI=1S/C20H19N5O/c21-9-10-26-16-8-4-7-15(11-16)25-12-17(14-5-2-1-3-6-14)18-19(22)23-13-24-20(18)25/h1-8,11-13H,9-10,21H2,(H2,22,23,24). The molecular formula is C20H19N5O. The number of nitrogens with zero attached hydrogens (tertiary/aromatic N) is 3. The molecule has 0 aliphatic rings. The van der Waals surface area contributed by atoms with E-state index in [1.54, 1.807) is 0 Å². The molecule has 0 radical (unpaired) electrons. The summed E-state index contributed by atoms with van der Waals surface area (Å²) in [5.41, 5.74) is 15.4. The zero-order chi connectivity index (χ0) is 17.9. The molecule has 0 saturated carbocycles. The molecule has 0 bridgehead atoms. The van der Waals surface area contributed by atoms with E-state index in [1.807, 2.05) is 65.4 Å². The predicted octanol–water partition coefficient (Wildman–Crippen LogP) is 3.01. The molecule has 2 heterocycles. The summed E-state index contributed by atoms with van der Waals surface area (Å²) in [5, 5.41) is 0.840. The highest BCUT2D eigenvalue weighted by Crippen LogP contribution is 2.34. The van der Waals surface area contributed by atoms with Gasteiger partial charge < -0.3 is 20.8 Å². The van der Waals surface area contributed by atoms with E-state index in [0.29, 0.717) is 19.0 Å². The average Bonchev–Trinajstić information content (AvgIpc) is 3.08. The maximum Gasteiger partial charge on any atom is 0.150 e. The highest BCUT2D eigenvalue weighted by Gasteiger charge is 2.16. The molecular weight excluding hydrogens is 326 g/mol. The smallest absolute Gasteiger partial charge is 0.150 e. The molecule has 0 atom stereocenters. The molecule has 0 spiro atoms. The van der Waals surface area contributed by atoms with Crippen molar-refractivity contribution in [1.29, 1.82) is 0 Å². The Morgan fingerprint density at radius 1 is 1.00 bits per heavy atom. The summed E-state index contributed by atoms with van der Waals surface area (Å²) < 4.78 is 7.65. The van der Waals surface area contributed by atoms with Crippen LogP contribution in [-0.4, -0.2) is 27.7 Å². The van der Waals surface area contributed by atoms with Crippen LogP contribution in [0.25, 0.3) is 27.8 Å². The Kier molecular flexibility index (Phi) is 4.25. The van der Waals surface area contributed by atoms with Crippen LogP contribution in [0.1, 0.15) is 0 Å². The van der Waals surface area contributed by atoms with Crippen LogP contribution in [0, 0.1) is 0 Å². The van der Waals surface area contributed by atoms with Crippen molar-refractivity contribution in [3.05, 3.63) is 67.1 Å². The van der Waals surface area contributed by atoms with E-state index < -0.39 is 0 Å². The molecule has 6 heteroatoms. The van der Waals surface area contributed by atoms with Gasteiger partial charge in [-0.3, -0.25) is 0 Å². The van der Waals surface area contributed by atoms with Gasteiger partial charge in [0.1, 0.15) is 24.5 Å². The van der Waals surface area contributed by atoms with Gasteiger partial charge in [-0.1, -0.05) is 36.4 Å². The van der Waals surface area contributed by atoms with Crippen LogP contribution in [0.2, 0.25) is 0 Å². The molecule has 0 saturated heterocycles. The molecule has 0 unspecified atom stereocenters. The Hall–Kier alpha value is -3.38. The monoisotopic (exact) mass is 345 g/mol. The Labute approximate surface area is 151 Å². The Bertz CT molecular complexity index is 1040. The number of hydrogen-bond donors (Lipinski definition) is 2. The maximum atomic E-state index is 6.18. The van der Waals surface area contributed by atoms with Crippen LogP contribution in [0.5, 0.6) is 5.75 Å². The first-order chi connectivity index (χ1) is 12.8. The second kappa shape index (κ2) is 6.85. The van der Waals surface area contributed by atoms with Crippen LogP contribution in [0.4, 0.5) is 5.82 Å². The summed E-state index contributed by atoms with van der Waals surface area (Å²) in [6.45, 7) is 0.943. The van der Waals surface area contributed by atoms with Crippen molar-refractivity contribution in [2.45, 2.75) is 0 Å². The lowest BCUT2D eigenvalue weighted by Gasteiger charge is -2.08. The van der Waals surface area contributed by atoms with Crippen LogP contribution >= 0.6 is 0 Å². The Balaban J connectivity index is 1.90. The van der Waals surface area contributed by atoms with Gasteiger partial charge in [-0.2, -0.15) is 0 Å². The molecule has 6 nitrogen and oxygen atoms in total. The molecule has 4 rings (SSSR count). The van der Waals surface area contributed by atoms with Gasteiger partial charge in [0.2, 0.25) is 0 Å². The summed E-state index contributed by atoms with van der Waals surface area (Å²) in [7, 11) is 0. The molecule has 0 fully saturated rings. The maximum absolute atomic E-state index is 6.18. The fraction of sp³-hybridized carbons (Fsp3) is 0.100. The van der Waals surface area contributed by atoms with Gasteiger partial charge in [-0.25, -0.2) is 9.97 Å². The zero-order valence-corrected chi connectivity index (χ0v) is 14.2.